The largest absolute Gasteiger partial charge is 0.0625 e. The molecule has 0 aromatic carbocycles. The van der Waals surface area contributed by atoms with Gasteiger partial charge in [-0.3, -0.25) is 0 Å². The van der Waals surface area contributed by atoms with Crippen LogP contribution in [0, 0.1) is 35.5 Å². The van der Waals surface area contributed by atoms with E-state index in [1.54, 1.807) is 0 Å². The summed E-state index contributed by atoms with van der Waals surface area (Å²) in [5, 5.41) is 0. The van der Waals surface area contributed by atoms with Gasteiger partial charge in [-0.25, -0.2) is 0 Å². The van der Waals surface area contributed by atoms with E-state index in [0.29, 0.717) is 0 Å². The van der Waals surface area contributed by atoms with Crippen molar-refractivity contribution in [2.24, 2.45) is 35.5 Å². The van der Waals surface area contributed by atoms with Gasteiger partial charge in [0, 0.05) is 0 Å². The van der Waals surface area contributed by atoms with Crippen molar-refractivity contribution in [3.05, 3.63) is 0 Å². The summed E-state index contributed by atoms with van der Waals surface area (Å²) < 4.78 is 0. The van der Waals surface area contributed by atoms with Crippen LogP contribution in [0.5, 0.6) is 0 Å². The Hall–Kier alpha value is 0. The molecule has 6 unspecified atom stereocenters. The SMILES string of the molecule is CC1CCCCCC(C)CCC2C(C)CC2CCC(C)CC1. The van der Waals surface area contributed by atoms with Gasteiger partial charge in [0.15, 0.2) is 0 Å². The maximum absolute atomic E-state index is 2.51. The van der Waals surface area contributed by atoms with Crippen molar-refractivity contribution >= 4 is 0 Å². The highest BCUT2D eigenvalue weighted by molar-refractivity contribution is 4.87. The van der Waals surface area contributed by atoms with E-state index in [9.17, 15) is 0 Å². The van der Waals surface area contributed by atoms with Crippen LogP contribution in [0.15, 0.2) is 0 Å². The highest BCUT2D eigenvalue weighted by Crippen LogP contribution is 2.46. The average Bonchev–Trinajstić information content (AvgIpc) is 2.48. The molecule has 2 saturated carbocycles. The molecular weight excluding hydrogens is 264 g/mol. The van der Waals surface area contributed by atoms with Crippen LogP contribution in [0.3, 0.4) is 0 Å². The van der Waals surface area contributed by atoms with Crippen LogP contribution in [0.2, 0.25) is 0 Å². The van der Waals surface area contributed by atoms with Crippen molar-refractivity contribution in [3.63, 3.8) is 0 Å². The lowest BCUT2D eigenvalue weighted by atomic mass is 9.61. The van der Waals surface area contributed by atoms with Crippen molar-refractivity contribution in [1.82, 2.24) is 0 Å². The Morgan fingerprint density at radius 2 is 1.00 bits per heavy atom. The number of hydrogen-bond acceptors (Lipinski definition) is 0. The van der Waals surface area contributed by atoms with Crippen LogP contribution in [-0.4, -0.2) is 0 Å². The monoisotopic (exact) mass is 306 g/mol. The van der Waals surface area contributed by atoms with Crippen LogP contribution in [-0.2, 0) is 0 Å². The molecule has 0 nitrogen and oxygen atoms in total. The van der Waals surface area contributed by atoms with E-state index in [0.717, 1.165) is 35.5 Å². The maximum atomic E-state index is 2.51. The zero-order valence-corrected chi connectivity index (χ0v) is 15.9. The molecule has 22 heavy (non-hydrogen) atoms. The lowest BCUT2D eigenvalue weighted by Crippen LogP contribution is -2.35. The van der Waals surface area contributed by atoms with Gasteiger partial charge < -0.3 is 0 Å². The van der Waals surface area contributed by atoms with E-state index in [4.69, 9.17) is 0 Å². The van der Waals surface area contributed by atoms with Gasteiger partial charge in [-0.1, -0.05) is 85.5 Å². The molecule has 0 spiro atoms. The van der Waals surface area contributed by atoms with Crippen molar-refractivity contribution in [3.8, 4) is 0 Å². The van der Waals surface area contributed by atoms with Gasteiger partial charge in [0.25, 0.3) is 0 Å². The Kier molecular flexibility index (Phi) is 7.78. The number of fused-ring (bicyclic) bond motifs is 1. The molecule has 0 saturated heterocycles. The van der Waals surface area contributed by atoms with E-state index < -0.39 is 0 Å². The molecule has 2 aliphatic rings. The first-order valence-electron chi connectivity index (χ1n) is 10.6. The zero-order chi connectivity index (χ0) is 15.9. The van der Waals surface area contributed by atoms with Gasteiger partial charge in [-0.2, -0.15) is 0 Å². The summed E-state index contributed by atoms with van der Waals surface area (Å²) in [6.45, 7) is 10.0. The first kappa shape index (κ1) is 18.3. The molecule has 0 amide bonds. The Bertz CT molecular complexity index is 294. The molecule has 0 bridgehead atoms. The lowest BCUT2D eigenvalue weighted by molar-refractivity contribution is 0.0583. The predicted octanol–water partition coefficient (Wildman–Crippen LogP) is 7.47. The van der Waals surface area contributed by atoms with Crippen molar-refractivity contribution in [2.45, 2.75) is 105 Å². The smallest absolute Gasteiger partial charge is 0.0360 e. The van der Waals surface area contributed by atoms with Gasteiger partial charge >= 0.3 is 0 Å². The molecule has 0 aliphatic heterocycles. The lowest BCUT2D eigenvalue weighted by Gasteiger charge is -2.44. The molecule has 0 N–H and O–H groups in total. The molecular formula is C22H42. The van der Waals surface area contributed by atoms with Crippen molar-refractivity contribution in [1.29, 1.82) is 0 Å². The Morgan fingerprint density at radius 1 is 0.500 bits per heavy atom. The molecule has 2 rings (SSSR count). The second-order valence-corrected chi connectivity index (χ2v) is 9.32. The van der Waals surface area contributed by atoms with E-state index in [2.05, 4.69) is 27.7 Å². The number of hydrogen-bond donors (Lipinski definition) is 0. The third-order valence-electron chi connectivity index (χ3n) is 7.08. The molecule has 2 aliphatic carbocycles. The van der Waals surface area contributed by atoms with E-state index >= 15 is 0 Å². The quantitative estimate of drug-likeness (QED) is 0.435. The normalized spacial score (nSPS) is 43.1. The van der Waals surface area contributed by atoms with Crippen molar-refractivity contribution < 1.29 is 0 Å². The van der Waals surface area contributed by atoms with E-state index in [1.807, 2.05) is 0 Å². The second-order valence-electron chi connectivity index (χ2n) is 9.32. The van der Waals surface area contributed by atoms with E-state index in [-0.39, 0.29) is 0 Å². The summed E-state index contributed by atoms with van der Waals surface area (Å²) in [6.07, 6.45) is 17.9. The Balaban J connectivity index is 1.82. The van der Waals surface area contributed by atoms with Gasteiger partial charge in [0.1, 0.15) is 0 Å². The van der Waals surface area contributed by atoms with Gasteiger partial charge in [-0.15, -0.1) is 0 Å². The first-order chi connectivity index (χ1) is 10.6. The topological polar surface area (TPSA) is 0 Å². The average molecular weight is 307 g/mol. The molecule has 130 valence electrons. The highest BCUT2D eigenvalue weighted by Gasteiger charge is 2.37. The molecule has 0 heteroatoms. The molecule has 0 aromatic rings. The fourth-order valence-corrected chi connectivity index (χ4v) is 5.09. The van der Waals surface area contributed by atoms with Crippen LogP contribution < -0.4 is 0 Å². The van der Waals surface area contributed by atoms with Gasteiger partial charge in [0.2, 0.25) is 0 Å². The minimum absolute atomic E-state index is 0.962. The third-order valence-corrected chi connectivity index (χ3v) is 7.08. The first-order valence-corrected chi connectivity index (χ1v) is 10.6. The molecule has 6 atom stereocenters. The molecule has 0 radical (unpaired) electrons. The van der Waals surface area contributed by atoms with E-state index in [1.165, 1.54) is 77.0 Å². The minimum Gasteiger partial charge on any atom is -0.0625 e. The fourth-order valence-electron chi connectivity index (χ4n) is 5.09. The standard InChI is InChI=1S/C22H42/c1-17-8-6-5-7-9-18(2)13-15-22-20(4)16-21(22)14-12-19(3)11-10-17/h17-22H,5-16H2,1-4H3. The van der Waals surface area contributed by atoms with Crippen molar-refractivity contribution in [2.75, 3.05) is 0 Å². The minimum atomic E-state index is 0.962. The summed E-state index contributed by atoms with van der Waals surface area (Å²) in [4.78, 5) is 0. The zero-order valence-electron chi connectivity index (χ0n) is 15.9. The second kappa shape index (κ2) is 9.33. The molecule has 0 aromatic heterocycles. The summed E-state index contributed by atoms with van der Waals surface area (Å²) >= 11 is 0. The number of rotatable bonds is 0. The van der Waals surface area contributed by atoms with Crippen LogP contribution in [0.4, 0.5) is 0 Å². The summed E-state index contributed by atoms with van der Waals surface area (Å²) in [6, 6.07) is 0. The van der Waals surface area contributed by atoms with Crippen LogP contribution in [0.1, 0.15) is 105 Å². The van der Waals surface area contributed by atoms with Crippen LogP contribution in [0.25, 0.3) is 0 Å². The molecule has 0 heterocycles. The van der Waals surface area contributed by atoms with Gasteiger partial charge in [-0.05, 0) is 54.8 Å². The Labute approximate surface area is 140 Å². The maximum Gasteiger partial charge on any atom is -0.0360 e. The molecule has 2 fully saturated rings. The summed E-state index contributed by atoms with van der Waals surface area (Å²) in [5.41, 5.74) is 0. The van der Waals surface area contributed by atoms with Crippen LogP contribution >= 0.6 is 0 Å². The third kappa shape index (κ3) is 5.89. The Morgan fingerprint density at radius 3 is 1.59 bits per heavy atom. The summed E-state index contributed by atoms with van der Waals surface area (Å²) in [7, 11) is 0. The van der Waals surface area contributed by atoms with Gasteiger partial charge in [0.05, 0.1) is 0 Å². The fraction of sp³-hybridized carbons (Fsp3) is 1.00. The summed E-state index contributed by atoms with van der Waals surface area (Å²) in [5.74, 6) is 6.07. The highest BCUT2D eigenvalue weighted by atomic mass is 14.4. The predicted molar refractivity (Wildman–Crippen MR) is 99.0 cm³/mol.